The molecule has 1 rings (SSSR count). The number of nitrogens with zero attached hydrogens (tertiary/aromatic N) is 2. The minimum atomic E-state index is -7.85. The van der Waals surface area contributed by atoms with Crippen molar-refractivity contribution < 1.29 is 79.0 Å². The third-order valence-corrected chi connectivity index (χ3v) is 3.42. The molecule has 2 nitrogen and oxygen atoms in total. The molecule has 0 bridgehead atoms. The maximum absolute atomic E-state index is 14.1. The van der Waals surface area contributed by atoms with Crippen LogP contribution in [0, 0.1) is 11.9 Å². The number of rotatable bonds is 3. The second-order valence-corrected chi connectivity index (χ2v) is 5.38. The Labute approximate surface area is 155 Å². The van der Waals surface area contributed by atoms with Gasteiger partial charge in [0, 0.05) is 0 Å². The fourth-order valence-electron chi connectivity index (χ4n) is 1.92. The van der Waals surface area contributed by atoms with Gasteiger partial charge >= 0.3 is 42.0 Å². The Bertz CT molecular complexity index is 815. The molecule has 0 saturated carbocycles. The first-order valence-corrected chi connectivity index (χ1v) is 6.55. The van der Waals surface area contributed by atoms with E-state index in [9.17, 15) is 79.0 Å². The zero-order valence-corrected chi connectivity index (χ0v) is 13.2. The second-order valence-electron chi connectivity index (χ2n) is 5.38. The average molecular weight is 502 g/mol. The summed E-state index contributed by atoms with van der Waals surface area (Å²) in [6.45, 7) is 0. The van der Waals surface area contributed by atoms with E-state index in [0.717, 1.165) is 4.98 Å². The normalized spacial score (nSPS) is 17.0. The van der Waals surface area contributed by atoms with E-state index in [0.29, 0.717) is 0 Å². The van der Waals surface area contributed by atoms with Gasteiger partial charge in [-0.3, -0.25) is 0 Å². The van der Waals surface area contributed by atoms with Gasteiger partial charge in [-0.1, -0.05) is 0 Å². The highest BCUT2D eigenvalue weighted by Crippen LogP contribution is 2.59. The number of hydrogen-bond acceptors (Lipinski definition) is 2. The Kier molecular flexibility index (Phi) is 5.98. The van der Waals surface area contributed by atoms with Crippen LogP contribution in [0.2, 0.25) is 0 Å². The van der Waals surface area contributed by atoms with Crippen LogP contribution in [0.4, 0.5) is 79.0 Å². The molecular weight excluding hydrogens is 502 g/mol. The number of alkyl halides is 16. The molecule has 1 heterocycles. The van der Waals surface area contributed by atoms with Gasteiger partial charge < -0.3 is 0 Å². The first kappa shape index (κ1) is 26.9. The van der Waals surface area contributed by atoms with Crippen molar-refractivity contribution in [2.45, 2.75) is 42.0 Å². The van der Waals surface area contributed by atoms with Crippen LogP contribution >= 0.6 is 0 Å². The molecule has 1 atom stereocenters. The van der Waals surface area contributed by atoms with E-state index in [4.69, 9.17) is 0 Å². The second kappa shape index (κ2) is 6.91. The third kappa shape index (κ3) is 3.70. The first-order chi connectivity index (χ1) is 13.3. The number of hydrogen-bond donors (Lipinski definition) is 0. The largest absolute Gasteiger partial charge is 0.457 e. The van der Waals surface area contributed by atoms with E-state index in [1.807, 2.05) is 0 Å². The van der Waals surface area contributed by atoms with Gasteiger partial charge in [-0.15, -0.1) is 0 Å². The van der Waals surface area contributed by atoms with Crippen LogP contribution in [-0.4, -0.2) is 40.6 Å². The average Bonchev–Trinajstić information content (AvgIpc) is 2.49. The van der Waals surface area contributed by atoms with Crippen molar-refractivity contribution in [3.63, 3.8) is 0 Å². The molecule has 0 N–H and O–H groups in total. The fraction of sp³-hybridized carbons (Fsp3) is 0.636. The van der Waals surface area contributed by atoms with E-state index in [-0.39, 0.29) is 0 Å². The quantitative estimate of drug-likeness (QED) is 0.477. The van der Waals surface area contributed by atoms with E-state index in [1.54, 1.807) is 0 Å². The van der Waals surface area contributed by atoms with Crippen LogP contribution in [-0.2, 0) is 11.3 Å². The van der Waals surface area contributed by atoms with Crippen molar-refractivity contribution in [2.24, 2.45) is 0 Å². The Hall–Kier alpha value is -2.18. The maximum Gasteiger partial charge on any atom is 0.457 e. The predicted molar refractivity (Wildman–Crippen MR) is 56.7 cm³/mol. The minimum Gasteiger partial charge on any atom is -0.240 e. The first-order valence-electron chi connectivity index (χ1n) is 6.55. The van der Waals surface area contributed by atoms with Crippen LogP contribution in [0.1, 0.15) is 11.4 Å². The predicted octanol–water partition coefficient (Wildman–Crippen LogP) is 5.97. The molecular formula is C11F18N2. The lowest BCUT2D eigenvalue weighted by molar-refractivity contribution is -0.391. The van der Waals surface area contributed by atoms with Crippen LogP contribution in [0.3, 0.4) is 0 Å². The summed E-state index contributed by atoms with van der Waals surface area (Å²) in [5.74, 6) is -15.3. The lowest BCUT2D eigenvalue weighted by Crippen LogP contribution is -2.61. The summed E-state index contributed by atoms with van der Waals surface area (Å²) in [4.78, 5) is 2.16. The van der Waals surface area contributed by atoms with Crippen molar-refractivity contribution in [3.05, 3.63) is 23.3 Å². The molecule has 1 unspecified atom stereocenters. The molecule has 0 saturated heterocycles. The third-order valence-electron chi connectivity index (χ3n) is 3.42. The fourth-order valence-corrected chi connectivity index (χ4v) is 1.92. The van der Waals surface area contributed by atoms with E-state index in [1.165, 1.54) is 4.98 Å². The molecule has 0 spiro atoms. The molecule has 180 valence electrons. The van der Waals surface area contributed by atoms with Gasteiger partial charge in [0.2, 0.25) is 11.9 Å². The molecule has 0 amide bonds. The van der Waals surface area contributed by atoms with Crippen LogP contribution in [0.5, 0.6) is 0 Å². The van der Waals surface area contributed by atoms with Crippen LogP contribution < -0.4 is 0 Å². The zero-order valence-electron chi connectivity index (χ0n) is 13.2. The Morgan fingerprint density at radius 3 is 0.935 bits per heavy atom. The summed E-state index contributed by atoms with van der Waals surface area (Å²) in [5, 5.41) is 0. The SMILES string of the molecule is Fc1nc(F)c(C(F)(C(F)(F)F)C(F)(F)C(F)(F)F)nc1C(F)(C(F)(F)F)C(F)(F)F. The smallest absolute Gasteiger partial charge is 0.240 e. The van der Waals surface area contributed by atoms with Gasteiger partial charge in [0.05, 0.1) is 0 Å². The molecule has 0 aromatic carbocycles. The lowest BCUT2D eigenvalue weighted by atomic mass is 9.91. The highest BCUT2D eigenvalue weighted by Gasteiger charge is 2.84. The summed E-state index contributed by atoms with van der Waals surface area (Å²) in [7, 11) is 0. The maximum atomic E-state index is 14.1. The topological polar surface area (TPSA) is 25.8 Å². The zero-order chi connectivity index (χ0) is 25.2. The lowest BCUT2D eigenvalue weighted by Gasteiger charge is -2.36. The molecule has 0 radical (unpaired) electrons. The van der Waals surface area contributed by atoms with Crippen molar-refractivity contribution in [1.29, 1.82) is 0 Å². The van der Waals surface area contributed by atoms with Crippen molar-refractivity contribution in [2.75, 3.05) is 0 Å². The van der Waals surface area contributed by atoms with E-state index in [2.05, 4.69) is 0 Å². The van der Waals surface area contributed by atoms with E-state index >= 15 is 0 Å². The van der Waals surface area contributed by atoms with Crippen LogP contribution in [0.25, 0.3) is 0 Å². The summed E-state index contributed by atoms with van der Waals surface area (Å²) in [5.41, 5.74) is -23.2. The highest BCUT2D eigenvalue weighted by atomic mass is 19.4. The van der Waals surface area contributed by atoms with Gasteiger partial charge in [0.1, 0.15) is 5.69 Å². The molecule has 0 aliphatic carbocycles. The molecule has 31 heavy (non-hydrogen) atoms. The summed E-state index contributed by atoms with van der Waals surface area (Å²) in [6.07, 6.45) is -30.2. The standard InChI is InChI=1S/C11F18N2/c12-3-1(5(14,8(18,19)20)7(16,17)11(27,28)29)30-2(4(13)31-3)6(15,9(21,22)23)10(24,25)26. The molecule has 0 fully saturated rings. The number of halogens is 18. The van der Waals surface area contributed by atoms with Gasteiger partial charge in [0.25, 0.3) is 0 Å². The van der Waals surface area contributed by atoms with Crippen molar-refractivity contribution >= 4 is 0 Å². The van der Waals surface area contributed by atoms with E-state index < -0.39 is 65.2 Å². The minimum absolute atomic E-state index is 0.993. The Morgan fingerprint density at radius 2 is 0.677 bits per heavy atom. The molecule has 0 aliphatic rings. The molecule has 0 aliphatic heterocycles. The van der Waals surface area contributed by atoms with Gasteiger partial charge in [0.15, 0.2) is 5.69 Å². The van der Waals surface area contributed by atoms with Crippen molar-refractivity contribution in [1.82, 2.24) is 9.97 Å². The van der Waals surface area contributed by atoms with Gasteiger partial charge in [-0.25, -0.2) is 13.8 Å². The summed E-state index contributed by atoms with van der Waals surface area (Å²) < 4.78 is 232. The summed E-state index contributed by atoms with van der Waals surface area (Å²) in [6, 6.07) is 0. The Morgan fingerprint density at radius 1 is 0.387 bits per heavy atom. The molecule has 1 aromatic rings. The van der Waals surface area contributed by atoms with Crippen LogP contribution in [0.15, 0.2) is 0 Å². The van der Waals surface area contributed by atoms with Gasteiger partial charge in [-0.2, -0.15) is 75.2 Å². The molecule has 20 heteroatoms. The highest BCUT2D eigenvalue weighted by molar-refractivity contribution is 5.27. The Balaban J connectivity index is 4.20. The summed E-state index contributed by atoms with van der Waals surface area (Å²) >= 11 is 0. The van der Waals surface area contributed by atoms with Gasteiger partial charge in [-0.05, 0) is 0 Å². The number of aromatic nitrogens is 2. The van der Waals surface area contributed by atoms with Crippen molar-refractivity contribution in [3.8, 4) is 0 Å². The molecule has 1 aromatic heterocycles. The monoisotopic (exact) mass is 502 g/mol.